The molecule has 1 fully saturated rings. The van der Waals surface area contributed by atoms with E-state index in [-0.39, 0.29) is 0 Å². The van der Waals surface area contributed by atoms with E-state index in [1.807, 2.05) is 0 Å². The van der Waals surface area contributed by atoms with E-state index >= 15 is 0 Å². The van der Waals surface area contributed by atoms with Crippen LogP contribution >= 0.6 is 0 Å². The second-order valence-corrected chi connectivity index (χ2v) is 5.77. The van der Waals surface area contributed by atoms with Gasteiger partial charge in [-0.15, -0.1) is 0 Å². The van der Waals surface area contributed by atoms with Crippen molar-refractivity contribution in [2.45, 2.75) is 18.5 Å². The first-order chi connectivity index (χ1) is 10.3. The highest BCUT2D eigenvalue weighted by Gasteiger charge is 2.28. The fraction of sp³-hybridized carbons (Fsp3) is 0.333. The summed E-state index contributed by atoms with van der Waals surface area (Å²) in [5.41, 5.74) is 2.62. The minimum Gasteiger partial charge on any atom is -0.496 e. The van der Waals surface area contributed by atoms with Gasteiger partial charge in [-0.25, -0.2) is 0 Å². The van der Waals surface area contributed by atoms with Gasteiger partial charge in [0.1, 0.15) is 5.75 Å². The normalized spacial score (nSPS) is 24.7. The van der Waals surface area contributed by atoms with Gasteiger partial charge in [0.05, 0.1) is 20.3 Å². The first-order valence-electron chi connectivity index (χ1n) is 7.46. The van der Waals surface area contributed by atoms with E-state index in [2.05, 4.69) is 47.8 Å². The SMILES string of the molecule is COc1ccc2ccccc2c1C1=CC2COCC(C1)N2. The van der Waals surface area contributed by atoms with Crippen LogP contribution in [0.5, 0.6) is 5.75 Å². The molecule has 21 heavy (non-hydrogen) atoms. The zero-order valence-electron chi connectivity index (χ0n) is 12.1. The first-order valence-corrected chi connectivity index (χ1v) is 7.46. The number of ether oxygens (including phenoxy) is 2. The highest BCUT2D eigenvalue weighted by Crippen LogP contribution is 2.37. The Morgan fingerprint density at radius 2 is 2.05 bits per heavy atom. The van der Waals surface area contributed by atoms with Gasteiger partial charge in [0.2, 0.25) is 0 Å². The zero-order valence-corrected chi connectivity index (χ0v) is 12.1. The van der Waals surface area contributed by atoms with Gasteiger partial charge in [0, 0.05) is 17.6 Å². The second-order valence-electron chi connectivity index (χ2n) is 5.77. The minimum atomic E-state index is 0.316. The molecule has 1 saturated heterocycles. The molecule has 2 aliphatic rings. The summed E-state index contributed by atoms with van der Waals surface area (Å²) in [7, 11) is 1.75. The molecule has 2 heterocycles. The van der Waals surface area contributed by atoms with Crippen molar-refractivity contribution in [2.24, 2.45) is 0 Å². The molecule has 0 radical (unpaired) electrons. The van der Waals surface area contributed by atoms with Gasteiger partial charge in [-0.1, -0.05) is 36.4 Å². The van der Waals surface area contributed by atoms with E-state index in [0.717, 1.165) is 25.4 Å². The third-order valence-corrected chi connectivity index (χ3v) is 4.37. The average molecular weight is 281 g/mol. The van der Waals surface area contributed by atoms with E-state index in [1.165, 1.54) is 21.9 Å². The molecule has 2 bridgehead atoms. The Bertz CT molecular complexity index is 707. The molecule has 2 aromatic carbocycles. The lowest BCUT2D eigenvalue weighted by Gasteiger charge is -2.35. The molecule has 0 saturated carbocycles. The molecule has 3 nitrogen and oxygen atoms in total. The summed E-state index contributed by atoms with van der Waals surface area (Å²) in [4.78, 5) is 0. The molecule has 1 N–H and O–H groups in total. The van der Waals surface area contributed by atoms with Gasteiger partial charge in [-0.3, -0.25) is 0 Å². The molecule has 2 aromatic rings. The first kappa shape index (κ1) is 12.9. The van der Waals surface area contributed by atoms with E-state index in [9.17, 15) is 0 Å². The lowest BCUT2D eigenvalue weighted by Crippen LogP contribution is -2.50. The second kappa shape index (κ2) is 5.17. The van der Waals surface area contributed by atoms with Crippen LogP contribution < -0.4 is 10.1 Å². The van der Waals surface area contributed by atoms with E-state index in [0.29, 0.717) is 12.1 Å². The monoisotopic (exact) mass is 281 g/mol. The van der Waals surface area contributed by atoms with Crippen LogP contribution in [0.1, 0.15) is 12.0 Å². The number of morpholine rings is 1. The van der Waals surface area contributed by atoms with Crippen molar-refractivity contribution in [2.75, 3.05) is 20.3 Å². The van der Waals surface area contributed by atoms with Crippen LogP contribution in [-0.2, 0) is 4.74 Å². The Kier molecular flexibility index (Phi) is 3.17. The molecule has 4 rings (SSSR count). The number of nitrogens with one attached hydrogen (secondary N) is 1. The largest absolute Gasteiger partial charge is 0.496 e. The highest BCUT2D eigenvalue weighted by molar-refractivity contribution is 5.96. The van der Waals surface area contributed by atoms with Crippen molar-refractivity contribution in [1.82, 2.24) is 5.32 Å². The maximum atomic E-state index is 5.64. The summed E-state index contributed by atoms with van der Waals surface area (Å²) in [6.45, 7) is 1.55. The predicted octanol–water partition coefficient (Wildman–Crippen LogP) is 2.99. The smallest absolute Gasteiger partial charge is 0.126 e. The molecule has 0 amide bonds. The number of rotatable bonds is 2. The van der Waals surface area contributed by atoms with Crippen molar-refractivity contribution in [3.05, 3.63) is 48.0 Å². The van der Waals surface area contributed by atoms with Gasteiger partial charge in [0.25, 0.3) is 0 Å². The van der Waals surface area contributed by atoms with E-state index in [4.69, 9.17) is 9.47 Å². The van der Waals surface area contributed by atoms with Crippen LogP contribution in [0.15, 0.2) is 42.5 Å². The summed E-state index contributed by atoms with van der Waals surface area (Å²) >= 11 is 0. The number of benzene rings is 2. The summed E-state index contributed by atoms with van der Waals surface area (Å²) < 4.78 is 11.3. The molecule has 0 aliphatic carbocycles. The van der Waals surface area contributed by atoms with Crippen molar-refractivity contribution in [3.63, 3.8) is 0 Å². The van der Waals surface area contributed by atoms with Gasteiger partial charge in [0.15, 0.2) is 0 Å². The summed E-state index contributed by atoms with van der Waals surface area (Å²) in [6, 6.07) is 13.4. The summed E-state index contributed by atoms with van der Waals surface area (Å²) in [5.74, 6) is 0.959. The Labute approximate surface area is 124 Å². The molecular formula is C18H19NO2. The summed E-state index contributed by atoms with van der Waals surface area (Å²) in [5, 5.41) is 6.12. The molecule has 108 valence electrons. The molecule has 0 spiro atoms. The van der Waals surface area contributed by atoms with Crippen molar-refractivity contribution < 1.29 is 9.47 Å². The molecule has 2 atom stereocenters. The van der Waals surface area contributed by atoms with Crippen molar-refractivity contribution >= 4 is 16.3 Å². The number of hydrogen-bond acceptors (Lipinski definition) is 3. The molecule has 0 aromatic heterocycles. The fourth-order valence-corrected chi connectivity index (χ4v) is 3.46. The Morgan fingerprint density at radius 1 is 1.14 bits per heavy atom. The standard InChI is InChI=1S/C18H19NO2/c1-20-17-7-6-12-4-2-3-5-16(12)18(17)13-8-14-10-21-11-15(9-13)19-14/h2-8,14-15,19H,9-11H2,1H3. The average Bonchev–Trinajstić information content (AvgIpc) is 2.53. The van der Waals surface area contributed by atoms with Gasteiger partial charge < -0.3 is 14.8 Å². The van der Waals surface area contributed by atoms with Crippen molar-refractivity contribution in [3.8, 4) is 5.75 Å². The number of hydrogen-bond donors (Lipinski definition) is 1. The van der Waals surface area contributed by atoms with Crippen LogP contribution in [0.2, 0.25) is 0 Å². The fourth-order valence-electron chi connectivity index (χ4n) is 3.46. The molecule has 2 aliphatic heterocycles. The van der Waals surface area contributed by atoms with E-state index < -0.39 is 0 Å². The van der Waals surface area contributed by atoms with Gasteiger partial charge >= 0.3 is 0 Å². The number of methoxy groups -OCH3 is 1. The van der Waals surface area contributed by atoms with Gasteiger partial charge in [-0.05, 0) is 28.8 Å². The van der Waals surface area contributed by atoms with Crippen LogP contribution in [-0.4, -0.2) is 32.4 Å². The predicted molar refractivity (Wildman–Crippen MR) is 84.6 cm³/mol. The molecule has 2 unspecified atom stereocenters. The quantitative estimate of drug-likeness (QED) is 0.918. The van der Waals surface area contributed by atoms with Gasteiger partial charge in [-0.2, -0.15) is 0 Å². The maximum Gasteiger partial charge on any atom is 0.126 e. The topological polar surface area (TPSA) is 30.5 Å². The maximum absolute atomic E-state index is 5.64. The highest BCUT2D eigenvalue weighted by atomic mass is 16.5. The lowest BCUT2D eigenvalue weighted by molar-refractivity contribution is 0.0561. The van der Waals surface area contributed by atoms with Crippen LogP contribution in [0.25, 0.3) is 16.3 Å². The number of fused-ring (bicyclic) bond motifs is 3. The Balaban J connectivity index is 1.90. The molecular weight excluding hydrogens is 262 g/mol. The lowest BCUT2D eigenvalue weighted by atomic mass is 9.88. The zero-order chi connectivity index (χ0) is 14.2. The van der Waals surface area contributed by atoms with Crippen molar-refractivity contribution in [1.29, 1.82) is 0 Å². The van der Waals surface area contributed by atoms with Crippen LogP contribution in [0.4, 0.5) is 0 Å². The minimum absolute atomic E-state index is 0.316. The Hall–Kier alpha value is -1.84. The van der Waals surface area contributed by atoms with Crippen LogP contribution in [0.3, 0.4) is 0 Å². The third kappa shape index (κ3) is 2.23. The van der Waals surface area contributed by atoms with E-state index in [1.54, 1.807) is 7.11 Å². The van der Waals surface area contributed by atoms with Crippen LogP contribution in [0, 0.1) is 0 Å². The summed E-state index contributed by atoms with van der Waals surface area (Å²) in [6.07, 6.45) is 3.29. The Morgan fingerprint density at radius 3 is 2.90 bits per heavy atom. The third-order valence-electron chi connectivity index (χ3n) is 4.37. The molecule has 3 heteroatoms.